The number of aromatic nitrogens is 4. The van der Waals surface area contributed by atoms with E-state index >= 15 is 0 Å². The first-order valence-corrected chi connectivity index (χ1v) is 7.99. The third-order valence-electron chi connectivity index (χ3n) is 3.35. The molecule has 13 heteroatoms. The molecule has 3 heterocycles. The Bertz CT molecular complexity index is 776. The first kappa shape index (κ1) is 16.1. The Morgan fingerprint density at radius 1 is 1.48 bits per heavy atom. The first-order valence-electron chi connectivity index (χ1n) is 6.46. The molecule has 5 N–H and O–H groups in total. The molecule has 2 aromatic heterocycles. The van der Waals surface area contributed by atoms with Crippen molar-refractivity contribution in [3.63, 3.8) is 0 Å². The summed E-state index contributed by atoms with van der Waals surface area (Å²) in [5.41, 5.74) is 5.56. The number of nitrogen functional groups attached to an aromatic ring is 1. The van der Waals surface area contributed by atoms with Crippen molar-refractivity contribution in [2.24, 2.45) is 0 Å². The average molecular weight is 346 g/mol. The van der Waals surface area contributed by atoms with E-state index in [9.17, 15) is 14.8 Å². The van der Waals surface area contributed by atoms with Crippen molar-refractivity contribution in [3.05, 3.63) is 6.33 Å². The third kappa shape index (κ3) is 3.13. The molecular formula is C10H13N5O7P. The molecule has 1 saturated heterocycles. The smallest absolute Gasteiger partial charge is 0.394 e. The van der Waals surface area contributed by atoms with Gasteiger partial charge in [-0.15, -0.1) is 0 Å². The monoisotopic (exact) mass is 346 g/mol. The molecule has 2 aromatic rings. The number of hydrogen-bond donors (Lipinski definition) is 4. The van der Waals surface area contributed by atoms with Crippen LogP contribution in [0.4, 0.5) is 5.95 Å². The van der Waals surface area contributed by atoms with Gasteiger partial charge in [-0.2, -0.15) is 9.97 Å². The number of phosphoric ester groups is 1. The highest BCUT2D eigenvalue weighted by Gasteiger charge is 2.41. The topological polar surface area (TPSA) is 186 Å². The van der Waals surface area contributed by atoms with E-state index in [1.54, 1.807) is 0 Å². The van der Waals surface area contributed by atoms with Gasteiger partial charge in [-0.3, -0.25) is 14.2 Å². The van der Waals surface area contributed by atoms with Crippen LogP contribution in [0.15, 0.2) is 6.33 Å². The lowest BCUT2D eigenvalue weighted by molar-refractivity contribution is -0.0425. The van der Waals surface area contributed by atoms with Crippen LogP contribution in [-0.4, -0.2) is 53.2 Å². The van der Waals surface area contributed by atoms with Crippen LogP contribution in [0.5, 0.6) is 5.88 Å². The highest BCUT2D eigenvalue weighted by Crippen LogP contribution is 2.44. The van der Waals surface area contributed by atoms with Gasteiger partial charge in [-0.25, -0.2) is 9.55 Å². The molecule has 3 rings (SSSR count). The summed E-state index contributed by atoms with van der Waals surface area (Å²) in [4.78, 5) is 29.1. The van der Waals surface area contributed by atoms with Gasteiger partial charge >= 0.3 is 13.7 Å². The Kier molecular flexibility index (Phi) is 3.96. The number of ether oxygens (including phenoxy) is 1. The normalized spacial score (nSPS) is 25.3. The zero-order chi connectivity index (χ0) is 16.8. The second-order valence-corrected chi connectivity index (χ2v) is 6.08. The fourth-order valence-corrected chi connectivity index (χ4v) is 3.01. The quantitative estimate of drug-likeness (QED) is 0.516. The highest BCUT2D eigenvalue weighted by atomic mass is 31.2. The van der Waals surface area contributed by atoms with E-state index in [1.165, 1.54) is 10.9 Å². The third-order valence-corrected chi connectivity index (χ3v) is 3.90. The summed E-state index contributed by atoms with van der Waals surface area (Å²) in [6.07, 6.45) is -1.48. The number of phosphoric acid groups is 1. The Balaban J connectivity index is 1.92. The predicted molar refractivity (Wildman–Crippen MR) is 72.4 cm³/mol. The van der Waals surface area contributed by atoms with Gasteiger partial charge < -0.3 is 25.4 Å². The minimum Gasteiger partial charge on any atom is -0.394 e. The van der Waals surface area contributed by atoms with Gasteiger partial charge in [-0.1, -0.05) is 0 Å². The molecule has 23 heavy (non-hydrogen) atoms. The number of anilines is 1. The van der Waals surface area contributed by atoms with Crippen LogP contribution in [0, 0.1) is 0 Å². The summed E-state index contributed by atoms with van der Waals surface area (Å²) in [5, 5.41) is 21.0. The van der Waals surface area contributed by atoms with Crippen molar-refractivity contribution in [2.45, 2.75) is 24.9 Å². The van der Waals surface area contributed by atoms with E-state index in [2.05, 4.69) is 19.5 Å². The second kappa shape index (κ2) is 5.67. The molecule has 0 bridgehead atoms. The summed E-state index contributed by atoms with van der Waals surface area (Å²) >= 11 is 0. The number of nitrogens with two attached hydrogens (primary N) is 1. The SMILES string of the molecule is Nc1nc([O])c2ncn([C@H]3C[C@H](OP(=O)(O)O)[C@@H](CO)O3)c2n1. The maximum Gasteiger partial charge on any atom is 0.469 e. The van der Waals surface area contributed by atoms with Gasteiger partial charge in [0.05, 0.1) is 12.9 Å². The number of aliphatic hydroxyl groups is 1. The molecule has 0 saturated carbocycles. The Morgan fingerprint density at radius 3 is 2.87 bits per heavy atom. The van der Waals surface area contributed by atoms with Gasteiger partial charge in [0.25, 0.3) is 0 Å². The largest absolute Gasteiger partial charge is 0.469 e. The molecule has 3 atom stereocenters. The summed E-state index contributed by atoms with van der Waals surface area (Å²) in [7, 11) is -4.74. The van der Waals surface area contributed by atoms with Crippen LogP contribution in [-0.2, 0) is 18.9 Å². The predicted octanol–water partition coefficient (Wildman–Crippen LogP) is -0.690. The van der Waals surface area contributed by atoms with Gasteiger partial charge in [0, 0.05) is 6.42 Å². The number of aliphatic hydroxyl groups excluding tert-OH is 1. The molecule has 0 aliphatic carbocycles. The van der Waals surface area contributed by atoms with E-state index in [1.807, 2.05) is 0 Å². The fraction of sp³-hybridized carbons (Fsp3) is 0.500. The van der Waals surface area contributed by atoms with Crippen molar-refractivity contribution < 1.29 is 33.8 Å². The van der Waals surface area contributed by atoms with Crippen LogP contribution in [0.3, 0.4) is 0 Å². The Hall–Kier alpha value is -1.82. The number of fused-ring (bicyclic) bond motifs is 1. The standard InChI is InChI=1S/C10H13N5O7P/c11-10-13-8-7(9(17)14-10)12-3-15(8)6-1-4(5(2-16)21-6)22-23(18,19)20/h3-6,16H,1-2H2,(H2,11,13,14)(H2,18,19,20)/t4-,5+,6+/m0/s1. The maximum atomic E-state index is 11.7. The Morgan fingerprint density at radius 2 is 2.22 bits per heavy atom. The van der Waals surface area contributed by atoms with E-state index in [4.69, 9.17) is 20.3 Å². The molecule has 1 fully saturated rings. The van der Waals surface area contributed by atoms with Crippen LogP contribution in [0.25, 0.3) is 11.2 Å². The molecule has 0 aromatic carbocycles. The highest BCUT2D eigenvalue weighted by molar-refractivity contribution is 7.46. The summed E-state index contributed by atoms with van der Waals surface area (Å²) in [5.74, 6) is -0.880. The summed E-state index contributed by atoms with van der Waals surface area (Å²) in [6.45, 7) is -0.502. The molecular weight excluding hydrogens is 333 g/mol. The number of hydrogen-bond acceptors (Lipinski definition) is 8. The molecule has 1 aliphatic rings. The molecule has 0 amide bonds. The summed E-state index contributed by atoms with van der Waals surface area (Å²) < 4.78 is 22.5. The Labute approximate surface area is 128 Å². The fourth-order valence-electron chi connectivity index (χ4n) is 2.44. The second-order valence-electron chi connectivity index (χ2n) is 4.89. The van der Waals surface area contributed by atoms with Crippen molar-refractivity contribution >= 4 is 24.9 Å². The lowest BCUT2D eigenvalue weighted by Crippen LogP contribution is -2.26. The first-order chi connectivity index (χ1) is 10.8. The lowest BCUT2D eigenvalue weighted by atomic mass is 10.2. The lowest BCUT2D eigenvalue weighted by Gasteiger charge is -2.16. The van der Waals surface area contributed by atoms with Gasteiger partial charge in [-0.05, 0) is 0 Å². The number of nitrogens with zero attached hydrogens (tertiary/aromatic N) is 4. The molecule has 0 unspecified atom stereocenters. The zero-order valence-corrected chi connectivity index (χ0v) is 12.4. The van der Waals surface area contributed by atoms with Gasteiger partial charge in [0.2, 0.25) is 5.95 Å². The van der Waals surface area contributed by atoms with Crippen molar-refractivity contribution in [3.8, 4) is 5.88 Å². The van der Waals surface area contributed by atoms with Gasteiger partial charge in [0.1, 0.15) is 18.4 Å². The van der Waals surface area contributed by atoms with Crippen molar-refractivity contribution in [1.29, 1.82) is 0 Å². The molecule has 1 radical (unpaired) electrons. The van der Waals surface area contributed by atoms with Crippen molar-refractivity contribution in [2.75, 3.05) is 12.3 Å². The van der Waals surface area contributed by atoms with E-state index < -0.39 is 38.7 Å². The van der Waals surface area contributed by atoms with E-state index in [0.29, 0.717) is 0 Å². The van der Waals surface area contributed by atoms with E-state index in [0.717, 1.165) is 0 Å². The minimum atomic E-state index is -4.74. The van der Waals surface area contributed by atoms with Crippen LogP contribution in [0.2, 0.25) is 0 Å². The van der Waals surface area contributed by atoms with Crippen LogP contribution < -0.4 is 5.73 Å². The molecule has 12 nitrogen and oxygen atoms in total. The number of rotatable bonds is 4. The van der Waals surface area contributed by atoms with Crippen LogP contribution >= 0.6 is 7.82 Å². The maximum absolute atomic E-state index is 11.7. The zero-order valence-electron chi connectivity index (χ0n) is 11.5. The van der Waals surface area contributed by atoms with Crippen LogP contribution in [0.1, 0.15) is 12.6 Å². The molecule has 0 spiro atoms. The average Bonchev–Trinajstić information content (AvgIpc) is 3.00. The van der Waals surface area contributed by atoms with E-state index in [-0.39, 0.29) is 23.5 Å². The van der Waals surface area contributed by atoms with Gasteiger partial charge in [0.15, 0.2) is 11.2 Å². The minimum absolute atomic E-state index is 0.0114. The number of imidazole rings is 1. The molecule has 1 aliphatic heterocycles. The van der Waals surface area contributed by atoms with Crippen molar-refractivity contribution in [1.82, 2.24) is 19.5 Å². The summed E-state index contributed by atoms with van der Waals surface area (Å²) in [6, 6.07) is 0. The molecule has 125 valence electrons.